The topological polar surface area (TPSA) is 94.1 Å². The normalized spacial score (nSPS) is 11.5. The van der Waals surface area contributed by atoms with Crippen LogP contribution in [0.3, 0.4) is 0 Å². The molecule has 0 bridgehead atoms. The van der Waals surface area contributed by atoms with Gasteiger partial charge in [0.2, 0.25) is 0 Å². The van der Waals surface area contributed by atoms with Gasteiger partial charge in [-0.25, -0.2) is 14.0 Å². The summed E-state index contributed by atoms with van der Waals surface area (Å²) in [6, 6.07) is 17.3. The highest BCUT2D eigenvalue weighted by atomic mass is 32.2. The van der Waals surface area contributed by atoms with Gasteiger partial charge in [0, 0.05) is 0 Å². The van der Waals surface area contributed by atoms with Crippen molar-refractivity contribution in [2.75, 3.05) is 0 Å². The molecule has 0 atom stereocenters. The van der Waals surface area contributed by atoms with Crippen molar-refractivity contribution < 1.29 is 27.1 Å². The predicted octanol–water partition coefficient (Wildman–Crippen LogP) is 4.14. The van der Waals surface area contributed by atoms with Crippen LogP contribution in [-0.2, 0) is 10.0 Å². The van der Waals surface area contributed by atoms with E-state index in [0.29, 0.717) is 11.3 Å². The lowest BCUT2D eigenvalue weighted by atomic mass is 10.2. The predicted molar refractivity (Wildman–Crippen MR) is 118 cm³/mol. The number of sulfonamides is 1. The molecule has 0 spiro atoms. The molecule has 0 saturated carbocycles. The Hall–Kier alpha value is -3.72. The Morgan fingerprint density at radius 3 is 2.12 bits per heavy atom. The number of nitrogens with one attached hydrogen (secondary N) is 1. The number of hydrazone groups is 1. The second-order valence-electron chi connectivity index (χ2n) is 6.96. The number of carbonyl (C=O) groups excluding carboxylic acids is 1. The molecule has 1 N–H and O–H groups in total. The molecular formula is C23H21FN2O5S. The minimum atomic E-state index is -3.83. The molecule has 7 nitrogen and oxygen atoms in total. The molecule has 0 aliphatic heterocycles. The van der Waals surface area contributed by atoms with E-state index in [4.69, 9.17) is 9.47 Å². The maximum Gasteiger partial charge on any atom is 0.343 e. The Bertz CT molecular complexity index is 1190. The first-order valence-electron chi connectivity index (χ1n) is 9.62. The van der Waals surface area contributed by atoms with E-state index in [9.17, 15) is 17.6 Å². The van der Waals surface area contributed by atoms with E-state index in [2.05, 4.69) is 9.93 Å². The third-order valence-electron chi connectivity index (χ3n) is 4.06. The molecule has 0 saturated heterocycles. The van der Waals surface area contributed by atoms with Gasteiger partial charge in [0.1, 0.15) is 17.3 Å². The molecule has 0 unspecified atom stereocenters. The van der Waals surface area contributed by atoms with Gasteiger partial charge in [-0.15, -0.1) is 0 Å². The van der Waals surface area contributed by atoms with Crippen molar-refractivity contribution in [1.82, 2.24) is 4.83 Å². The first-order chi connectivity index (χ1) is 15.2. The molecule has 166 valence electrons. The van der Waals surface area contributed by atoms with Crippen LogP contribution in [0.5, 0.6) is 11.5 Å². The average Bonchev–Trinajstić information content (AvgIpc) is 2.75. The second-order valence-corrected chi connectivity index (χ2v) is 8.62. The molecule has 3 rings (SSSR count). The van der Waals surface area contributed by atoms with Gasteiger partial charge < -0.3 is 9.47 Å². The number of rotatable bonds is 8. The van der Waals surface area contributed by atoms with Crippen LogP contribution < -0.4 is 14.3 Å². The van der Waals surface area contributed by atoms with E-state index in [1.807, 2.05) is 13.8 Å². The van der Waals surface area contributed by atoms with E-state index in [0.717, 1.165) is 0 Å². The number of carbonyl (C=O) groups is 1. The number of nitrogens with zero attached hydrogens (tertiary/aromatic N) is 1. The van der Waals surface area contributed by atoms with Gasteiger partial charge in [-0.3, -0.25) is 0 Å². The summed E-state index contributed by atoms with van der Waals surface area (Å²) in [5.74, 6) is -0.217. The van der Waals surface area contributed by atoms with Crippen molar-refractivity contribution in [1.29, 1.82) is 0 Å². The molecule has 3 aromatic carbocycles. The van der Waals surface area contributed by atoms with Crippen molar-refractivity contribution >= 4 is 22.2 Å². The van der Waals surface area contributed by atoms with Crippen LogP contribution in [0.15, 0.2) is 82.8 Å². The van der Waals surface area contributed by atoms with Crippen LogP contribution in [-0.4, -0.2) is 26.7 Å². The highest BCUT2D eigenvalue weighted by molar-refractivity contribution is 7.89. The minimum absolute atomic E-state index is 0.0157. The van der Waals surface area contributed by atoms with Crippen molar-refractivity contribution in [2.45, 2.75) is 24.8 Å². The molecule has 0 amide bonds. The number of benzene rings is 3. The number of hydrogen-bond acceptors (Lipinski definition) is 6. The summed E-state index contributed by atoms with van der Waals surface area (Å²) in [5, 5.41) is 3.77. The van der Waals surface area contributed by atoms with E-state index in [1.165, 1.54) is 54.7 Å². The number of ether oxygens (including phenoxy) is 2. The zero-order valence-electron chi connectivity index (χ0n) is 17.4. The van der Waals surface area contributed by atoms with Crippen molar-refractivity contribution in [3.05, 3.63) is 89.7 Å². The van der Waals surface area contributed by atoms with Crippen molar-refractivity contribution in [3.8, 4) is 11.5 Å². The number of esters is 1. The van der Waals surface area contributed by atoms with Gasteiger partial charge in [-0.1, -0.05) is 0 Å². The molecule has 0 aliphatic rings. The summed E-state index contributed by atoms with van der Waals surface area (Å²) in [5.41, 5.74) is 0.796. The van der Waals surface area contributed by atoms with Gasteiger partial charge in [0.25, 0.3) is 10.0 Å². The molecular weight excluding hydrogens is 435 g/mol. The Balaban J connectivity index is 1.58. The molecule has 0 aromatic heterocycles. The van der Waals surface area contributed by atoms with E-state index < -0.39 is 21.8 Å². The van der Waals surface area contributed by atoms with Gasteiger partial charge in [-0.05, 0) is 92.2 Å². The van der Waals surface area contributed by atoms with Crippen LogP contribution >= 0.6 is 0 Å². The zero-order valence-corrected chi connectivity index (χ0v) is 18.2. The van der Waals surface area contributed by atoms with Gasteiger partial charge >= 0.3 is 5.97 Å². The molecule has 0 heterocycles. The van der Waals surface area contributed by atoms with Gasteiger partial charge in [-0.2, -0.15) is 13.5 Å². The fraction of sp³-hybridized carbons (Fsp3) is 0.130. The highest BCUT2D eigenvalue weighted by Gasteiger charge is 2.13. The van der Waals surface area contributed by atoms with Gasteiger partial charge in [0.05, 0.1) is 22.8 Å². The minimum Gasteiger partial charge on any atom is -0.491 e. The maximum absolute atomic E-state index is 12.9. The van der Waals surface area contributed by atoms with Crippen molar-refractivity contribution in [2.24, 2.45) is 5.10 Å². The molecule has 3 aromatic rings. The molecule has 0 fully saturated rings. The van der Waals surface area contributed by atoms with E-state index in [-0.39, 0.29) is 22.3 Å². The monoisotopic (exact) mass is 456 g/mol. The fourth-order valence-corrected chi connectivity index (χ4v) is 3.36. The third kappa shape index (κ3) is 6.39. The Morgan fingerprint density at radius 1 is 0.938 bits per heavy atom. The highest BCUT2D eigenvalue weighted by Crippen LogP contribution is 2.17. The van der Waals surface area contributed by atoms with E-state index >= 15 is 0 Å². The van der Waals surface area contributed by atoms with Crippen LogP contribution in [0.4, 0.5) is 4.39 Å². The summed E-state index contributed by atoms with van der Waals surface area (Å²) < 4.78 is 48.3. The van der Waals surface area contributed by atoms with Crippen LogP contribution in [0.25, 0.3) is 0 Å². The maximum atomic E-state index is 12.9. The summed E-state index contributed by atoms with van der Waals surface area (Å²) in [6.07, 6.45) is 1.30. The summed E-state index contributed by atoms with van der Waals surface area (Å²) >= 11 is 0. The van der Waals surface area contributed by atoms with Crippen LogP contribution in [0.1, 0.15) is 29.8 Å². The van der Waals surface area contributed by atoms with E-state index in [1.54, 1.807) is 24.3 Å². The molecule has 9 heteroatoms. The second kappa shape index (κ2) is 10.1. The number of hydrogen-bond donors (Lipinski definition) is 1. The largest absolute Gasteiger partial charge is 0.491 e. The lowest BCUT2D eigenvalue weighted by molar-refractivity contribution is 0.0734. The fourth-order valence-electron chi connectivity index (χ4n) is 2.57. The Labute approximate surface area is 185 Å². The van der Waals surface area contributed by atoms with Crippen LogP contribution in [0.2, 0.25) is 0 Å². The third-order valence-corrected chi connectivity index (χ3v) is 5.30. The lowest BCUT2D eigenvalue weighted by Crippen LogP contribution is -2.18. The Morgan fingerprint density at radius 2 is 1.53 bits per heavy atom. The molecule has 0 radical (unpaired) electrons. The standard InChI is InChI=1S/C23H21FN2O5S/c1-16(2)30-20-11-13-22(14-12-20)32(28,29)26-25-15-17-3-9-21(10-4-17)31-23(27)18-5-7-19(24)8-6-18/h3-16,26H,1-2H3/b25-15+. The number of halogens is 1. The lowest BCUT2D eigenvalue weighted by Gasteiger charge is -2.10. The first-order valence-corrected chi connectivity index (χ1v) is 11.1. The summed E-state index contributed by atoms with van der Waals surface area (Å²) in [4.78, 5) is 14.2. The smallest absolute Gasteiger partial charge is 0.343 e. The zero-order chi connectivity index (χ0) is 23.1. The first kappa shape index (κ1) is 23.0. The molecule has 32 heavy (non-hydrogen) atoms. The summed E-state index contributed by atoms with van der Waals surface area (Å²) in [6.45, 7) is 3.76. The molecule has 0 aliphatic carbocycles. The quantitative estimate of drug-likeness (QED) is 0.238. The SMILES string of the molecule is CC(C)Oc1ccc(S(=O)(=O)N/N=C/c2ccc(OC(=O)c3ccc(F)cc3)cc2)cc1. The van der Waals surface area contributed by atoms with Gasteiger partial charge in [0.15, 0.2) is 0 Å². The van der Waals surface area contributed by atoms with Crippen molar-refractivity contribution in [3.63, 3.8) is 0 Å². The van der Waals surface area contributed by atoms with Crippen LogP contribution in [0, 0.1) is 5.82 Å². The Kier molecular flexibility index (Phi) is 7.21. The average molecular weight is 456 g/mol. The summed E-state index contributed by atoms with van der Waals surface area (Å²) in [7, 11) is -3.83.